The third-order valence-corrected chi connectivity index (χ3v) is 6.41. The summed E-state index contributed by atoms with van der Waals surface area (Å²) in [5.41, 5.74) is 6.18. The number of nitrogens with two attached hydrogens (primary N) is 1. The highest BCUT2D eigenvalue weighted by Gasteiger charge is 2.27. The molecule has 1 amide bonds. The van der Waals surface area contributed by atoms with Crippen molar-refractivity contribution < 1.29 is 33.8 Å². The van der Waals surface area contributed by atoms with Gasteiger partial charge in [-0.3, -0.25) is 14.4 Å². The first-order valence-corrected chi connectivity index (χ1v) is 10.5. The lowest BCUT2D eigenvalue weighted by Crippen LogP contribution is -2.38. The fourth-order valence-corrected chi connectivity index (χ4v) is 6.06. The van der Waals surface area contributed by atoms with E-state index in [0.29, 0.717) is 7.14 Å². The molecule has 0 aliphatic heterocycles. The Bertz CT molecular complexity index is 798. The van der Waals surface area contributed by atoms with Crippen LogP contribution in [0.3, 0.4) is 0 Å². The molecule has 148 valence electrons. The Morgan fingerprint density at radius 2 is 1.59 bits per heavy atom. The first kappa shape index (κ1) is 24.1. The number of amides is 1. The summed E-state index contributed by atoms with van der Waals surface area (Å²) in [6, 6.07) is 0. The number of carbonyl (C=O) groups excluding carboxylic acids is 3. The van der Waals surface area contributed by atoms with E-state index in [9.17, 15) is 24.3 Å². The summed E-state index contributed by atoms with van der Waals surface area (Å²) in [5.74, 6) is -2.95. The zero-order valence-corrected chi connectivity index (χ0v) is 20.6. The molecule has 0 aliphatic rings. The second kappa shape index (κ2) is 10.6. The van der Waals surface area contributed by atoms with Gasteiger partial charge in [0.1, 0.15) is 6.61 Å². The molecule has 0 spiro atoms. The van der Waals surface area contributed by atoms with Crippen molar-refractivity contribution in [2.24, 2.45) is 0 Å². The minimum atomic E-state index is -1.20. The molecular formula is C15H15I3N2O7. The number of carboxylic acid groups (broad SMARTS) is 1. The molecule has 12 heteroatoms. The molecule has 0 radical (unpaired) electrons. The summed E-state index contributed by atoms with van der Waals surface area (Å²) in [6.45, 7) is 2.04. The number of nitrogen functional groups attached to an aromatic ring is 1. The minimum absolute atomic E-state index is 0.0595. The number of hydrogen-bond acceptors (Lipinski definition) is 7. The SMILES string of the molecule is CC(=O)OC[C@H](CNC(=O)c1c(I)c(N)c(I)c(C(=O)O)c1I)OC(C)=O. The predicted octanol–water partition coefficient (Wildman–Crippen LogP) is 2.01. The maximum absolute atomic E-state index is 12.6. The fourth-order valence-electron chi connectivity index (χ4n) is 1.95. The van der Waals surface area contributed by atoms with Gasteiger partial charge in [0.2, 0.25) is 0 Å². The number of halogens is 3. The Labute approximate surface area is 195 Å². The zero-order valence-electron chi connectivity index (χ0n) is 14.1. The molecule has 0 aliphatic carbocycles. The van der Waals surface area contributed by atoms with Crippen LogP contribution in [-0.2, 0) is 19.1 Å². The van der Waals surface area contributed by atoms with Gasteiger partial charge < -0.3 is 25.6 Å². The van der Waals surface area contributed by atoms with Gasteiger partial charge in [0.05, 0.1) is 30.5 Å². The minimum Gasteiger partial charge on any atom is -0.478 e. The van der Waals surface area contributed by atoms with Gasteiger partial charge in [0, 0.05) is 17.4 Å². The molecule has 27 heavy (non-hydrogen) atoms. The number of hydrogen-bond donors (Lipinski definition) is 3. The van der Waals surface area contributed by atoms with E-state index in [1.165, 1.54) is 13.8 Å². The van der Waals surface area contributed by atoms with Crippen LogP contribution < -0.4 is 11.1 Å². The number of aromatic carboxylic acids is 1. The van der Waals surface area contributed by atoms with E-state index >= 15 is 0 Å². The first-order valence-electron chi connectivity index (χ1n) is 7.25. The van der Waals surface area contributed by atoms with Crippen LogP contribution in [0.15, 0.2) is 0 Å². The van der Waals surface area contributed by atoms with Crippen LogP contribution in [0.1, 0.15) is 34.6 Å². The van der Waals surface area contributed by atoms with Crippen molar-refractivity contribution in [3.63, 3.8) is 0 Å². The van der Waals surface area contributed by atoms with Gasteiger partial charge in [-0.25, -0.2) is 4.79 Å². The van der Waals surface area contributed by atoms with E-state index < -0.39 is 29.9 Å². The van der Waals surface area contributed by atoms with E-state index in [4.69, 9.17) is 15.2 Å². The van der Waals surface area contributed by atoms with E-state index in [0.717, 1.165) is 0 Å². The third kappa shape index (κ3) is 6.58. The molecule has 1 atom stereocenters. The van der Waals surface area contributed by atoms with Gasteiger partial charge in [0.15, 0.2) is 6.10 Å². The van der Waals surface area contributed by atoms with Crippen LogP contribution in [0.5, 0.6) is 0 Å². The summed E-state index contributed by atoms with van der Waals surface area (Å²) in [5, 5.41) is 12.0. The Morgan fingerprint density at radius 3 is 2.07 bits per heavy atom. The number of rotatable bonds is 7. The number of ether oxygens (including phenoxy) is 2. The highest BCUT2D eigenvalue weighted by molar-refractivity contribution is 14.1. The Balaban J connectivity index is 3.09. The molecule has 0 bridgehead atoms. The van der Waals surface area contributed by atoms with E-state index in [1.807, 2.05) is 45.2 Å². The first-order chi connectivity index (χ1) is 12.5. The number of benzene rings is 1. The number of nitrogens with one attached hydrogen (secondary N) is 1. The van der Waals surface area contributed by atoms with Gasteiger partial charge in [-0.2, -0.15) is 0 Å². The maximum atomic E-state index is 12.6. The van der Waals surface area contributed by atoms with Crippen molar-refractivity contribution in [2.75, 3.05) is 18.9 Å². The second-order valence-corrected chi connectivity index (χ2v) is 8.39. The van der Waals surface area contributed by atoms with Crippen LogP contribution in [0.25, 0.3) is 0 Å². The van der Waals surface area contributed by atoms with Crippen LogP contribution in [0, 0.1) is 10.7 Å². The number of carboxylic acids is 1. The molecule has 1 aromatic rings. The predicted molar refractivity (Wildman–Crippen MR) is 120 cm³/mol. The highest BCUT2D eigenvalue weighted by atomic mass is 127. The summed E-state index contributed by atoms with van der Waals surface area (Å²) in [4.78, 5) is 46.2. The van der Waals surface area contributed by atoms with E-state index in [1.54, 1.807) is 22.6 Å². The lowest BCUT2D eigenvalue weighted by Gasteiger charge is -2.19. The Hall–Kier alpha value is -0.910. The largest absolute Gasteiger partial charge is 0.478 e. The molecular weight excluding hydrogens is 701 g/mol. The topological polar surface area (TPSA) is 145 Å². The average Bonchev–Trinajstić information content (AvgIpc) is 2.54. The number of carbonyl (C=O) groups is 4. The lowest BCUT2D eigenvalue weighted by atomic mass is 10.1. The summed E-state index contributed by atoms with van der Waals surface area (Å²) in [7, 11) is 0. The van der Waals surface area contributed by atoms with Gasteiger partial charge in [-0.1, -0.05) is 0 Å². The molecule has 0 saturated heterocycles. The lowest BCUT2D eigenvalue weighted by molar-refractivity contribution is -0.155. The van der Waals surface area contributed by atoms with Crippen molar-refractivity contribution >= 4 is 97.3 Å². The molecule has 0 unspecified atom stereocenters. The second-order valence-electron chi connectivity index (χ2n) is 5.15. The zero-order chi connectivity index (χ0) is 20.9. The molecule has 0 heterocycles. The average molecular weight is 716 g/mol. The summed E-state index contributed by atoms with van der Waals surface area (Å²) in [6.07, 6.45) is -0.884. The Kier molecular flexibility index (Phi) is 9.46. The summed E-state index contributed by atoms with van der Waals surface area (Å²) < 4.78 is 10.8. The van der Waals surface area contributed by atoms with Crippen LogP contribution in [0.2, 0.25) is 0 Å². The Morgan fingerprint density at radius 1 is 1.04 bits per heavy atom. The van der Waals surface area contributed by atoms with E-state index in [-0.39, 0.29) is 33.5 Å². The van der Waals surface area contributed by atoms with Gasteiger partial charge in [-0.15, -0.1) is 0 Å². The van der Waals surface area contributed by atoms with Gasteiger partial charge in [0.25, 0.3) is 5.91 Å². The third-order valence-electron chi connectivity index (χ3n) is 3.09. The monoisotopic (exact) mass is 716 g/mol. The molecule has 0 aromatic heterocycles. The van der Waals surface area contributed by atoms with Crippen molar-refractivity contribution in [3.8, 4) is 0 Å². The smallest absolute Gasteiger partial charge is 0.337 e. The highest BCUT2D eigenvalue weighted by Crippen LogP contribution is 2.33. The van der Waals surface area contributed by atoms with Crippen LogP contribution >= 0.6 is 67.8 Å². The standard InChI is InChI=1S/C15H15I3N2O7/c1-5(21)26-4-7(27-6(2)22)3-20-14(23)8-10(16)9(15(24)25)12(18)13(19)11(8)17/h7H,3-4,19H2,1-2H3,(H,20,23)(H,24,25)/t7-/m0/s1. The number of esters is 2. The quantitative estimate of drug-likeness (QED) is 0.221. The van der Waals surface area contributed by atoms with Crippen molar-refractivity contribution in [3.05, 3.63) is 21.8 Å². The van der Waals surface area contributed by atoms with Crippen molar-refractivity contribution in [2.45, 2.75) is 20.0 Å². The van der Waals surface area contributed by atoms with E-state index in [2.05, 4.69) is 5.32 Å². The molecule has 4 N–H and O–H groups in total. The number of anilines is 1. The molecule has 0 fully saturated rings. The molecule has 0 saturated carbocycles. The van der Waals surface area contributed by atoms with Crippen LogP contribution in [-0.4, -0.2) is 48.2 Å². The molecule has 1 aromatic carbocycles. The van der Waals surface area contributed by atoms with Crippen molar-refractivity contribution in [1.29, 1.82) is 0 Å². The maximum Gasteiger partial charge on any atom is 0.337 e. The molecule has 1 rings (SSSR count). The van der Waals surface area contributed by atoms with Gasteiger partial charge in [-0.05, 0) is 67.8 Å². The normalized spacial score (nSPS) is 11.4. The van der Waals surface area contributed by atoms with Crippen LogP contribution in [0.4, 0.5) is 5.69 Å². The van der Waals surface area contributed by atoms with Gasteiger partial charge >= 0.3 is 17.9 Å². The summed E-state index contributed by atoms with van der Waals surface area (Å²) >= 11 is 5.47. The fraction of sp³-hybridized carbons (Fsp3) is 0.333. The van der Waals surface area contributed by atoms with Crippen molar-refractivity contribution in [1.82, 2.24) is 5.32 Å². The molecule has 9 nitrogen and oxygen atoms in total.